The Morgan fingerprint density at radius 2 is 1.64 bits per heavy atom. The van der Waals surface area contributed by atoms with E-state index in [1.165, 1.54) is 22.5 Å². The zero-order valence-electron chi connectivity index (χ0n) is 19.7. The summed E-state index contributed by atoms with van der Waals surface area (Å²) < 4.78 is 66.0. The number of aryl methyl sites for hydroxylation is 2. The lowest BCUT2D eigenvalue weighted by atomic mass is 10.0. The molecule has 2 atom stereocenters. The van der Waals surface area contributed by atoms with Crippen molar-refractivity contribution < 1.29 is 30.9 Å². The first-order valence-corrected chi connectivity index (χ1v) is 14.8. The van der Waals surface area contributed by atoms with Crippen LogP contribution in [-0.4, -0.2) is 47.8 Å². The largest absolute Gasteiger partial charge is 0.486 e. The van der Waals surface area contributed by atoms with Crippen molar-refractivity contribution in [3.05, 3.63) is 82.3 Å². The maximum atomic E-state index is 13.7. The normalized spacial score (nSPS) is 16.8. The number of hydrogen-bond donors (Lipinski definition) is 1. The Kier molecular flexibility index (Phi) is 7.77. The topological polar surface area (TPSA) is 110 Å². The molecule has 1 aliphatic heterocycles. The van der Waals surface area contributed by atoms with Crippen LogP contribution in [0.5, 0.6) is 5.75 Å². The van der Waals surface area contributed by atoms with Crippen LogP contribution in [-0.2, 0) is 24.3 Å². The number of aliphatic hydroxyl groups excluding tert-OH is 1. The molecule has 3 aromatic carbocycles. The quantitative estimate of drug-likeness (QED) is 0.391. The number of ether oxygens (including phenoxy) is 1. The molecule has 1 N–H and O–H groups in total. The molecule has 0 aromatic heterocycles. The van der Waals surface area contributed by atoms with Crippen LogP contribution in [0.25, 0.3) is 0 Å². The van der Waals surface area contributed by atoms with Crippen LogP contribution in [0.15, 0.2) is 81.0 Å². The van der Waals surface area contributed by atoms with Crippen LogP contribution >= 0.6 is 15.9 Å². The van der Waals surface area contributed by atoms with Gasteiger partial charge in [-0.05, 0) is 67.4 Å². The van der Waals surface area contributed by atoms with Crippen molar-refractivity contribution in [3.8, 4) is 5.75 Å². The van der Waals surface area contributed by atoms with Crippen LogP contribution < -0.4 is 9.04 Å². The summed E-state index contributed by atoms with van der Waals surface area (Å²) in [5.41, 5.74) is 1.89. The van der Waals surface area contributed by atoms with Crippen LogP contribution in [0, 0.1) is 19.8 Å². The van der Waals surface area contributed by atoms with Crippen LogP contribution in [0.1, 0.15) is 11.1 Å². The maximum Gasteiger partial charge on any atom is 0.296 e. The Morgan fingerprint density at radius 3 is 2.28 bits per heavy atom. The SMILES string of the molecule is Cc1cccc(S(=O)(=O)OC[C@@H](CO)[C@H]2CN(S(=O)(=O)c3cccc(C)c3)c3cc(Br)ccc3O2)c1. The summed E-state index contributed by atoms with van der Waals surface area (Å²) >= 11 is 3.38. The second kappa shape index (κ2) is 10.5. The number of hydrogen-bond acceptors (Lipinski definition) is 7. The van der Waals surface area contributed by atoms with Gasteiger partial charge in [0.05, 0.1) is 35.2 Å². The lowest BCUT2D eigenvalue weighted by Gasteiger charge is -2.38. The highest BCUT2D eigenvalue weighted by molar-refractivity contribution is 9.10. The molecular formula is C25H26BrNO7S2. The first kappa shape index (κ1) is 26.6. The predicted octanol–water partition coefficient (Wildman–Crippen LogP) is 4.04. The average Bonchev–Trinajstić information content (AvgIpc) is 2.84. The third kappa shape index (κ3) is 5.60. The van der Waals surface area contributed by atoms with Crippen molar-refractivity contribution in [2.75, 3.05) is 24.1 Å². The van der Waals surface area contributed by atoms with E-state index in [-0.39, 0.29) is 22.9 Å². The summed E-state index contributed by atoms with van der Waals surface area (Å²) in [4.78, 5) is 0.121. The molecule has 0 saturated carbocycles. The second-order valence-electron chi connectivity index (χ2n) is 8.62. The van der Waals surface area contributed by atoms with E-state index in [4.69, 9.17) is 8.92 Å². The highest BCUT2D eigenvalue weighted by Crippen LogP contribution is 2.40. The molecular weight excluding hydrogens is 570 g/mol. The number of fused-ring (bicyclic) bond motifs is 1. The molecule has 8 nitrogen and oxygen atoms in total. The fourth-order valence-corrected chi connectivity index (χ4v) is 6.92. The molecule has 1 heterocycles. The van der Waals surface area contributed by atoms with E-state index in [0.29, 0.717) is 15.9 Å². The minimum atomic E-state index is -4.09. The van der Waals surface area contributed by atoms with Gasteiger partial charge in [0.15, 0.2) is 0 Å². The minimum Gasteiger partial charge on any atom is -0.486 e. The van der Waals surface area contributed by atoms with Crippen molar-refractivity contribution in [3.63, 3.8) is 0 Å². The van der Waals surface area contributed by atoms with E-state index >= 15 is 0 Å². The Bertz CT molecular complexity index is 1480. The Morgan fingerprint density at radius 1 is 1.00 bits per heavy atom. The van der Waals surface area contributed by atoms with Crippen molar-refractivity contribution in [2.45, 2.75) is 29.7 Å². The summed E-state index contributed by atoms with van der Waals surface area (Å²) in [6, 6.07) is 17.9. The highest BCUT2D eigenvalue weighted by atomic mass is 79.9. The van der Waals surface area contributed by atoms with E-state index in [0.717, 1.165) is 11.1 Å². The van der Waals surface area contributed by atoms with Crippen molar-refractivity contribution in [1.29, 1.82) is 0 Å². The van der Waals surface area contributed by atoms with Gasteiger partial charge >= 0.3 is 0 Å². The Hall–Kier alpha value is -2.44. The molecule has 0 saturated heterocycles. The van der Waals surface area contributed by atoms with Crippen molar-refractivity contribution in [1.82, 2.24) is 0 Å². The van der Waals surface area contributed by atoms with Crippen molar-refractivity contribution in [2.24, 2.45) is 5.92 Å². The number of sulfonamides is 1. The zero-order chi connectivity index (χ0) is 26.1. The van der Waals surface area contributed by atoms with Gasteiger partial charge in [0, 0.05) is 10.4 Å². The van der Waals surface area contributed by atoms with Gasteiger partial charge in [-0.25, -0.2) is 8.42 Å². The lowest BCUT2D eigenvalue weighted by molar-refractivity contribution is 0.0571. The summed E-state index contributed by atoms with van der Waals surface area (Å²) in [7, 11) is -8.08. The molecule has 4 rings (SSSR count). The molecule has 192 valence electrons. The zero-order valence-corrected chi connectivity index (χ0v) is 22.9. The molecule has 3 aromatic rings. The van der Waals surface area contributed by atoms with Crippen LogP contribution in [0.3, 0.4) is 0 Å². The van der Waals surface area contributed by atoms with Gasteiger partial charge in [0.2, 0.25) is 0 Å². The van der Waals surface area contributed by atoms with Crippen molar-refractivity contribution >= 4 is 41.8 Å². The molecule has 0 spiro atoms. The molecule has 0 unspecified atom stereocenters. The number of halogens is 1. The Balaban J connectivity index is 1.64. The number of rotatable bonds is 8. The molecule has 0 fully saturated rings. The first-order valence-electron chi connectivity index (χ1n) is 11.1. The smallest absolute Gasteiger partial charge is 0.296 e. The third-order valence-corrected chi connectivity index (χ3v) is 9.41. The maximum absolute atomic E-state index is 13.7. The molecule has 36 heavy (non-hydrogen) atoms. The molecule has 0 bridgehead atoms. The number of aliphatic hydroxyl groups is 1. The third-order valence-electron chi connectivity index (χ3n) is 5.87. The predicted molar refractivity (Wildman–Crippen MR) is 139 cm³/mol. The number of benzene rings is 3. The number of anilines is 1. The van der Waals surface area contributed by atoms with E-state index in [1.54, 1.807) is 62.4 Å². The summed E-state index contributed by atoms with van der Waals surface area (Å²) in [5, 5.41) is 10.1. The van der Waals surface area contributed by atoms with Crippen LogP contribution in [0.2, 0.25) is 0 Å². The minimum absolute atomic E-state index is 0.00241. The van der Waals surface area contributed by atoms with Gasteiger partial charge in [-0.15, -0.1) is 0 Å². The van der Waals surface area contributed by atoms with E-state index in [1.807, 2.05) is 0 Å². The highest BCUT2D eigenvalue weighted by Gasteiger charge is 2.38. The van der Waals surface area contributed by atoms with Gasteiger partial charge in [0.1, 0.15) is 11.9 Å². The molecule has 1 aliphatic rings. The summed E-state index contributed by atoms with van der Waals surface area (Å²) in [6.45, 7) is 2.57. The summed E-state index contributed by atoms with van der Waals surface area (Å²) in [6.07, 6.45) is -0.865. The Labute approximate surface area is 219 Å². The van der Waals surface area contributed by atoms with Gasteiger partial charge in [-0.2, -0.15) is 8.42 Å². The van der Waals surface area contributed by atoms with Gasteiger partial charge in [-0.3, -0.25) is 8.49 Å². The van der Waals surface area contributed by atoms with E-state index in [2.05, 4.69) is 15.9 Å². The van der Waals surface area contributed by atoms with E-state index in [9.17, 15) is 21.9 Å². The summed E-state index contributed by atoms with van der Waals surface area (Å²) in [5.74, 6) is -0.526. The molecule has 0 amide bonds. The lowest BCUT2D eigenvalue weighted by Crippen LogP contribution is -2.48. The fraction of sp³-hybridized carbons (Fsp3) is 0.280. The standard InChI is InChI=1S/C25H26BrNO7S2/c1-17-5-3-7-21(11-17)35(29,30)27-14-25(34-24-10-9-20(26)13-23(24)27)19(15-28)16-33-36(31,32)22-8-4-6-18(2)12-22/h3-13,19,25,28H,14-16H2,1-2H3/t19-,25-/m1/s1. The first-order chi connectivity index (χ1) is 17.0. The second-order valence-corrected chi connectivity index (χ2v) is 13.0. The van der Waals surface area contributed by atoms with E-state index < -0.39 is 38.8 Å². The van der Waals surface area contributed by atoms with Gasteiger partial charge in [0.25, 0.3) is 20.1 Å². The fourth-order valence-electron chi connectivity index (χ4n) is 3.92. The average molecular weight is 597 g/mol. The molecule has 0 aliphatic carbocycles. The molecule has 11 heteroatoms. The van der Waals surface area contributed by atoms with Gasteiger partial charge < -0.3 is 9.84 Å². The molecule has 0 radical (unpaired) electrons. The van der Waals surface area contributed by atoms with Gasteiger partial charge in [-0.1, -0.05) is 40.2 Å². The monoisotopic (exact) mass is 595 g/mol. The van der Waals surface area contributed by atoms with Crippen LogP contribution in [0.4, 0.5) is 5.69 Å². The number of nitrogens with zero attached hydrogens (tertiary/aromatic N) is 1.